The van der Waals surface area contributed by atoms with Crippen LogP contribution in [0.15, 0.2) is 65.5 Å². The van der Waals surface area contributed by atoms with Gasteiger partial charge in [0.15, 0.2) is 0 Å². The molecule has 1 aromatic carbocycles. The van der Waals surface area contributed by atoms with Crippen LogP contribution in [-0.4, -0.2) is 17.2 Å². The molecule has 0 amide bonds. The van der Waals surface area contributed by atoms with E-state index in [-0.39, 0.29) is 12.2 Å². The highest BCUT2D eigenvalue weighted by atomic mass is 35.5. The van der Waals surface area contributed by atoms with Crippen molar-refractivity contribution in [3.63, 3.8) is 0 Å². The number of nitrogens with zero attached hydrogens (tertiary/aromatic N) is 1. The van der Waals surface area contributed by atoms with Crippen molar-refractivity contribution >= 4 is 11.6 Å². The first-order valence-corrected chi connectivity index (χ1v) is 8.66. The number of ether oxygens (including phenoxy) is 2. The number of benzene rings is 1. The number of rotatable bonds is 6. The van der Waals surface area contributed by atoms with Crippen LogP contribution in [0.4, 0.5) is 0 Å². The van der Waals surface area contributed by atoms with Gasteiger partial charge >= 0.3 is 0 Å². The molecule has 1 aliphatic carbocycles. The predicted molar refractivity (Wildman–Crippen MR) is 95.6 cm³/mol. The highest BCUT2D eigenvalue weighted by molar-refractivity contribution is 6.29. The molecule has 1 fully saturated rings. The van der Waals surface area contributed by atoms with E-state index in [1.807, 2.05) is 30.3 Å². The van der Waals surface area contributed by atoms with E-state index in [9.17, 15) is 0 Å². The zero-order valence-electron chi connectivity index (χ0n) is 13.6. The van der Waals surface area contributed by atoms with Crippen molar-refractivity contribution in [1.29, 1.82) is 0 Å². The summed E-state index contributed by atoms with van der Waals surface area (Å²) in [5.41, 5.74) is 2.81. The SMILES string of the molecule is Clc1cc(OC2CC(OCc3ccccc3)C2)cc(-c2ccoc2)n1. The van der Waals surface area contributed by atoms with Gasteiger partial charge in [0.05, 0.1) is 30.9 Å². The second kappa shape index (κ2) is 7.30. The van der Waals surface area contributed by atoms with Crippen LogP contribution in [0.25, 0.3) is 11.3 Å². The van der Waals surface area contributed by atoms with Gasteiger partial charge in [-0.2, -0.15) is 0 Å². The van der Waals surface area contributed by atoms with Crippen LogP contribution in [0, 0.1) is 0 Å². The molecule has 128 valence electrons. The molecule has 4 rings (SSSR count). The Hall–Kier alpha value is -2.30. The Labute approximate surface area is 151 Å². The molecule has 0 N–H and O–H groups in total. The zero-order valence-corrected chi connectivity index (χ0v) is 14.4. The molecular formula is C20H18ClNO3. The quantitative estimate of drug-likeness (QED) is 0.575. The molecule has 0 bridgehead atoms. The van der Waals surface area contributed by atoms with E-state index in [1.165, 1.54) is 5.56 Å². The lowest BCUT2D eigenvalue weighted by atomic mass is 9.92. The van der Waals surface area contributed by atoms with Crippen molar-refractivity contribution < 1.29 is 13.9 Å². The molecule has 0 radical (unpaired) electrons. The number of furan rings is 1. The smallest absolute Gasteiger partial charge is 0.133 e. The van der Waals surface area contributed by atoms with Crippen LogP contribution < -0.4 is 4.74 Å². The van der Waals surface area contributed by atoms with Crippen molar-refractivity contribution in [2.75, 3.05) is 0 Å². The maximum absolute atomic E-state index is 6.11. The minimum absolute atomic E-state index is 0.149. The highest BCUT2D eigenvalue weighted by Gasteiger charge is 2.31. The minimum Gasteiger partial charge on any atom is -0.490 e. The van der Waals surface area contributed by atoms with Crippen LogP contribution in [0.3, 0.4) is 0 Å². The van der Waals surface area contributed by atoms with Crippen molar-refractivity contribution in [2.45, 2.75) is 31.7 Å². The van der Waals surface area contributed by atoms with Gasteiger partial charge in [0, 0.05) is 30.5 Å². The molecule has 0 spiro atoms. The average molecular weight is 356 g/mol. The Morgan fingerprint density at radius 1 is 1.08 bits per heavy atom. The summed E-state index contributed by atoms with van der Waals surface area (Å²) >= 11 is 6.11. The zero-order chi connectivity index (χ0) is 17.1. The first-order valence-electron chi connectivity index (χ1n) is 8.28. The average Bonchev–Trinajstić information content (AvgIpc) is 3.12. The highest BCUT2D eigenvalue weighted by Crippen LogP contribution is 2.32. The van der Waals surface area contributed by atoms with Crippen molar-refractivity contribution in [3.05, 3.63) is 71.8 Å². The Bertz CT molecular complexity index is 814. The molecule has 1 saturated carbocycles. The Morgan fingerprint density at radius 2 is 1.92 bits per heavy atom. The molecule has 0 aliphatic heterocycles. The van der Waals surface area contributed by atoms with E-state index in [0.29, 0.717) is 11.8 Å². The van der Waals surface area contributed by atoms with E-state index in [2.05, 4.69) is 17.1 Å². The van der Waals surface area contributed by atoms with Gasteiger partial charge in [-0.25, -0.2) is 4.98 Å². The number of hydrogen-bond donors (Lipinski definition) is 0. The molecule has 2 heterocycles. The second-order valence-corrected chi connectivity index (χ2v) is 6.54. The van der Waals surface area contributed by atoms with E-state index >= 15 is 0 Å². The molecule has 4 nitrogen and oxygen atoms in total. The lowest BCUT2D eigenvalue weighted by Crippen LogP contribution is -2.39. The predicted octanol–water partition coefficient (Wildman–Crippen LogP) is 5.12. The maximum Gasteiger partial charge on any atom is 0.133 e. The number of hydrogen-bond acceptors (Lipinski definition) is 4. The summed E-state index contributed by atoms with van der Waals surface area (Å²) in [5, 5.41) is 0.407. The summed E-state index contributed by atoms with van der Waals surface area (Å²) in [6, 6.07) is 15.7. The fourth-order valence-corrected chi connectivity index (χ4v) is 3.03. The molecule has 3 aromatic rings. The van der Waals surface area contributed by atoms with Gasteiger partial charge in [-0.15, -0.1) is 0 Å². The number of aromatic nitrogens is 1. The van der Waals surface area contributed by atoms with Crippen molar-refractivity contribution in [3.8, 4) is 17.0 Å². The van der Waals surface area contributed by atoms with Crippen LogP contribution in [0.2, 0.25) is 5.15 Å². The fraction of sp³-hybridized carbons (Fsp3) is 0.250. The van der Waals surface area contributed by atoms with Crippen LogP contribution in [-0.2, 0) is 11.3 Å². The maximum atomic E-state index is 6.11. The summed E-state index contributed by atoms with van der Waals surface area (Å²) in [6.45, 7) is 0.643. The molecule has 1 aliphatic rings. The van der Waals surface area contributed by atoms with Crippen LogP contribution in [0.5, 0.6) is 5.75 Å². The Balaban J connectivity index is 1.31. The fourth-order valence-electron chi connectivity index (χ4n) is 2.83. The normalized spacial score (nSPS) is 19.4. The number of pyridine rings is 1. The summed E-state index contributed by atoms with van der Waals surface area (Å²) in [7, 11) is 0. The van der Waals surface area contributed by atoms with Gasteiger partial charge in [-0.3, -0.25) is 0 Å². The monoisotopic (exact) mass is 355 g/mol. The molecule has 2 aromatic heterocycles. The molecule has 25 heavy (non-hydrogen) atoms. The topological polar surface area (TPSA) is 44.5 Å². The first-order chi connectivity index (χ1) is 12.3. The van der Waals surface area contributed by atoms with Crippen molar-refractivity contribution in [2.24, 2.45) is 0 Å². The Morgan fingerprint density at radius 3 is 2.68 bits per heavy atom. The lowest BCUT2D eigenvalue weighted by Gasteiger charge is -2.35. The van der Waals surface area contributed by atoms with E-state index in [0.717, 1.165) is 29.8 Å². The summed E-state index contributed by atoms with van der Waals surface area (Å²) < 4.78 is 17.0. The summed E-state index contributed by atoms with van der Waals surface area (Å²) in [6.07, 6.45) is 5.41. The molecule has 0 atom stereocenters. The lowest BCUT2D eigenvalue weighted by molar-refractivity contribution is -0.0683. The van der Waals surface area contributed by atoms with Crippen LogP contribution >= 0.6 is 11.6 Å². The Kier molecular flexibility index (Phi) is 4.72. The second-order valence-electron chi connectivity index (χ2n) is 6.15. The first kappa shape index (κ1) is 16.2. The third-order valence-electron chi connectivity index (χ3n) is 4.27. The largest absolute Gasteiger partial charge is 0.490 e. The third kappa shape index (κ3) is 4.03. The van der Waals surface area contributed by atoms with E-state index in [4.69, 9.17) is 25.5 Å². The molecule has 0 saturated heterocycles. The van der Waals surface area contributed by atoms with Gasteiger partial charge in [-0.1, -0.05) is 41.9 Å². The van der Waals surface area contributed by atoms with Gasteiger partial charge in [0.2, 0.25) is 0 Å². The molecule has 5 heteroatoms. The van der Waals surface area contributed by atoms with Gasteiger partial charge < -0.3 is 13.9 Å². The minimum atomic E-state index is 0.149. The van der Waals surface area contributed by atoms with Gasteiger partial charge in [0.1, 0.15) is 17.0 Å². The number of halogens is 1. The molecule has 0 unspecified atom stereocenters. The van der Waals surface area contributed by atoms with Crippen LogP contribution in [0.1, 0.15) is 18.4 Å². The van der Waals surface area contributed by atoms with Crippen molar-refractivity contribution in [1.82, 2.24) is 4.98 Å². The van der Waals surface area contributed by atoms with E-state index in [1.54, 1.807) is 18.6 Å². The third-order valence-corrected chi connectivity index (χ3v) is 4.46. The standard InChI is InChI=1S/C20H18ClNO3/c21-20-11-18(10-19(22-20)15-6-7-23-13-15)25-17-8-16(9-17)24-12-14-4-2-1-3-5-14/h1-7,10-11,13,16-17H,8-9,12H2. The van der Waals surface area contributed by atoms with Gasteiger partial charge in [0.25, 0.3) is 0 Å². The summed E-state index contributed by atoms with van der Waals surface area (Å²) in [5.74, 6) is 0.725. The van der Waals surface area contributed by atoms with Gasteiger partial charge in [-0.05, 0) is 11.6 Å². The molecular weight excluding hydrogens is 338 g/mol. The van der Waals surface area contributed by atoms with E-state index < -0.39 is 0 Å². The summed E-state index contributed by atoms with van der Waals surface area (Å²) in [4.78, 5) is 4.31.